The van der Waals surface area contributed by atoms with Crippen LogP contribution in [0.15, 0.2) is 0 Å². The Bertz CT molecular complexity index is 3770. The molecule has 3 fully saturated rings. The zero-order valence-electron chi connectivity index (χ0n) is 75.9. The van der Waals surface area contributed by atoms with E-state index in [1.54, 1.807) is 11.8 Å². The maximum absolute atomic E-state index is 14.5. The van der Waals surface area contributed by atoms with Crippen molar-refractivity contribution in [2.75, 3.05) is 84.7 Å². The Morgan fingerprint density at radius 3 is 0.992 bits per heavy atom. The minimum Gasteiger partial charge on any atom is -0.463 e. The number of esters is 10. The zero-order chi connectivity index (χ0) is 95.4. The molecule has 3 saturated heterocycles. The van der Waals surface area contributed by atoms with Gasteiger partial charge in [-0.05, 0) is 44.9 Å². The molecule has 7 unspecified atom stereocenters. The number of unbranched alkanes of at least 4 members (excludes halogenated alkanes) is 12. The van der Waals surface area contributed by atoms with Crippen molar-refractivity contribution in [3.05, 3.63) is 0 Å². The Labute approximate surface area is 756 Å². The molecule has 0 aromatic carbocycles. The van der Waals surface area contributed by atoms with Gasteiger partial charge in [-0.1, -0.05) is 57.8 Å². The molecule has 3 aliphatic rings. The van der Waals surface area contributed by atoms with Crippen LogP contribution in [-0.4, -0.2) is 299 Å². The number of nitrogens with zero attached hydrogens (tertiary/aromatic N) is 2. The van der Waals surface area contributed by atoms with Crippen LogP contribution in [0.3, 0.4) is 0 Å². The number of ketones is 1. The van der Waals surface area contributed by atoms with Gasteiger partial charge >= 0.3 is 187 Å². The Hall–Kier alpha value is -8.71. The molecule has 3 heterocycles. The van der Waals surface area contributed by atoms with Gasteiger partial charge in [0.25, 0.3) is 0 Å². The van der Waals surface area contributed by atoms with E-state index in [0.29, 0.717) is 103 Å². The molecule has 0 saturated carbocycles. The van der Waals surface area contributed by atoms with Crippen LogP contribution in [0.2, 0.25) is 0 Å². The number of ether oxygens (including phenoxy) is 16. The molecule has 128 heavy (non-hydrogen) atoms. The molecule has 41 nitrogen and oxygen atoms in total. The van der Waals surface area contributed by atoms with Crippen molar-refractivity contribution in [1.82, 2.24) is 36.4 Å². The van der Waals surface area contributed by atoms with E-state index < -0.39 is 196 Å². The van der Waals surface area contributed by atoms with Crippen LogP contribution in [-0.2, 0) is 182 Å². The van der Waals surface area contributed by atoms with Gasteiger partial charge < -0.3 is 103 Å². The summed E-state index contributed by atoms with van der Waals surface area (Å²) in [6, 6.07) is -3.39. The van der Waals surface area contributed by atoms with Crippen LogP contribution >= 0.6 is 7.81 Å². The first-order valence-electron chi connectivity index (χ1n) is 43.6. The molecule has 0 spiro atoms. The SMILES string of the molecule is CCC(OC(=O)CCC(=O)CS(#P)=S)C(=O)N(CCCNC(=O)CCCCCCCO[C@@H]1OC(COC(C)=O)[C@H](OC(C)=O)[C@H](OC(C)=O)C1NC(C)=O)CCCN(CCCNC(=O)CCCCCCCO[C@@H]1OC(COC(C)=O)[C@H](OC(C)=O)[C@H](OC(C)=O)C1NC(C)=O)C(=O)CCCCCCCO[C@@H]1OC(COC(C)=O)[C@H](OC(C)=O)[C@H](OC(C)=O)C1NC(C)=O. The summed E-state index contributed by atoms with van der Waals surface area (Å²) in [5.41, 5.74) is 0. The van der Waals surface area contributed by atoms with Gasteiger partial charge in [0.05, 0.1) is 0 Å². The summed E-state index contributed by atoms with van der Waals surface area (Å²) in [6.07, 6.45) is -6.05. The second kappa shape index (κ2) is 63.3. The zero-order valence-corrected chi connectivity index (χ0v) is 78.5. The van der Waals surface area contributed by atoms with E-state index >= 15 is 0 Å². The molecular formula is C84H134N7O34PS2. The summed E-state index contributed by atoms with van der Waals surface area (Å²) < 4.78 is 90.8. The van der Waals surface area contributed by atoms with Crippen LogP contribution in [0.4, 0.5) is 0 Å². The van der Waals surface area contributed by atoms with E-state index in [1.165, 1.54) is 46.4 Å². The predicted octanol–water partition coefficient (Wildman–Crippen LogP) is 4.16. The van der Waals surface area contributed by atoms with Gasteiger partial charge in [-0.25, -0.2) is 0 Å². The summed E-state index contributed by atoms with van der Waals surface area (Å²) in [5.74, 6) is -10.3. The van der Waals surface area contributed by atoms with Gasteiger partial charge in [-0.3, -0.25) is 71.9 Å². The first-order chi connectivity index (χ1) is 60.7. The standard InChI is InChI=1S/C84H134N7O34PS2/c1-14-64(122-71(108)37-36-63(104)50-128(126)127)81(109)91(41-31-39-86-69(106)34-25-19-16-22-28-45-111-83-73(88-52(3)93)79(120-61(12)102)76(117-58(9)99)66(124-83)48-114-55(6)96)43-32-42-90(70(107)35-26-20-17-23-29-46-112-84-74(89-53(4)94)80(121-62(13)103)77(118-59(10)100)67(125-84)49-115-56(7)97)40-30-38-85-68(105)33-24-18-15-21-27-44-110-82-72(87-51(2)92)78(119-60(11)101)75(116-57(8)98)65(123-82)47-113-54(5)95/h64-67,72-80,82-84H,14-50H2,1-13H3,(H,85,105)(H,86,106)(H,87,92)(H,88,93)(H,89,94)/t64?,65?,66?,67?,72?,73?,74?,75-,76-,77-,78+,79+,80+,82+,83+,84+/m0/s1. The number of rotatable bonds is 61. The third-order valence-electron chi connectivity index (χ3n) is 19.9. The quantitative estimate of drug-likeness (QED) is 0.0247. The molecule has 0 aromatic heterocycles. The fourth-order valence-electron chi connectivity index (χ4n) is 14.3. The first-order valence-corrected chi connectivity index (χ1v) is 47.0. The predicted molar refractivity (Wildman–Crippen MR) is 457 cm³/mol. The molecule has 3 rings (SSSR count). The Balaban J connectivity index is 1.73. The van der Waals surface area contributed by atoms with Crippen LogP contribution in [0.5, 0.6) is 0 Å². The number of hydrogen-bond donors (Lipinski definition) is 5. The third kappa shape index (κ3) is 47.7. The van der Waals surface area contributed by atoms with Crippen molar-refractivity contribution in [3.63, 3.8) is 0 Å². The maximum atomic E-state index is 14.5. The molecule has 5 N–H and O–H groups in total. The summed E-state index contributed by atoms with van der Waals surface area (Å²) >= 11 is 5.05. The van der Waals surface area contributed by atoms with E-state index in [1.807, 2.05) is 0 Å². The number of nitrogens with one attached hydrogen (secondary N) is 5. The average molecular weight is 1880 g/mol. The summed E-state index contributed by atoms with van der Waals surface area (Å²) in [6.45, 7) is 15.8. The van der Waals surface area contributed by atoms with Gasteiger partial charge in [0, 0.05) is 148 Å². The van der Waals surface area contributed by atoms with E-state index in [4.69, 9.17) is 87.0 Å². The van der Waals surface area contributed by atoms with Crippen LogP contribution < -0.4 is 26.6 Å². The van der Waals surface area contributed by atoms with Crippen molar-refractivity contribution in [3.8, 4) is 0 Å². The van der Waals surface area contributed by atoms with E-state index in [9.17, 15) is 86.3 Å². The summed E-state index contributed by atoms with van der Waals surface area (Å²) in [7, 11) is 3.21. The van der Waals surface area contributed by atoms with Crippen LogP contribution in [0.1, 0.15) is 244 Å². The minimum atomic E-state index is -1.30. The smallest absolute Gasteiger partial charge is 0.463 e. The topological polar surface area (TPSA) is 522 Å². The molecule has 726 valence electrons. The molecular weight excluding hydrogens is 1750 g/mol. The second-order valence-corrected chi connectivity index (χ2v) is 35.4. The Morgan fingerprint density at radius 2 is 0.672 bits per heavy atom. The number of carbonyl (C=O) groups excluding carboxylic acids is 18. The fraction of sp³-hybridized carbons (Fsp3) is 0.786. The molecule has 16 atom stereocenters. The third-order valence-corrected chi connectivity index (χ3v) is 21.2. The number of hydrogen-bond acceptors (Lipinski definition) is 35. The molecule has 3 aliphatic heterocycles. The number of Topliss-reactive ketones (excluding diaryl/α,β-unsaturated/α-hetero) is 1. The van der Waals surface area contributed by atoms with Gasteiger partial charge in [0.15, 0.2) is 55.5 Å². The number of carbonyl (C=O) groups is 18. The first kappa shape index (κ1) is 113. The summed E-state index contributed by atoms with van der Waals surface area (Å²) in [5, 5.41) is 13.9. The van der Waals surface area contributed by atoms with Crippen molar-refractivity contribution >= 4 is 134 Å². The fourth-order valence-corrected chi connectivity index (χ4v) is 15.5. The van der Waals surface area contributed by atoms with E-state index in [-0.39, 0.29) is 153 Å². The molecule has 0 radical (unpaired) electrons. The van der Waals surface area contributed by atoms with Crippen LogP contribution in [0, 0.1) is 0 Å². The van der Waals surface area contributed by atoms with Crippen molar-refractivity contribution in [2.24, 2.45) is 0 Å². The normalized spacial score (nSPS) is 21.9. The van der Waals surface area contributed by atoms with Crippen molar-refractivity contribution < 1.29 is 162 Å². The molecule has 7 amide bonds. The molecule has 0 bridgehead atoms. The van der Waals surface area contributed by atoms with Crippen molar-refractivity contribution in [1.29, 1.82) is 0 Å². The second-order valence-electron chi connectivity index (χ2n) is 31.2. The average Bonchev–Trinajstić information content (AvgIpc) is 0.795. The monoisotopic (exact) mass is 1880 g/mol. The van der Waals surface area contributed by atoms with Crippen molar-refractivity contribution in [2.45, 2.75) is 342 Å². The molecule has 0 aliphatic carbocycles. The van der Waals surface area contributed by atoms with Gasteiger partial charge in [0.1, 0.15) is 56.3 Å². The molecule has 44 heteroatoms. The Morgan fingerprint density at radius 1 is 0.367 bits per heavy atom. The van der Waals surface area contributed by atoms with E-state index in [0.717, 1.165) is 41.5 Å². The number of amides is 7. The van der Waals surface area contributed by atoms with Gasteiger partial charge in [-0.15, -0.1) is 0 Å². The van der Waals surface area contributed by atoms with Crippen LogP contribution in [0.25, 0.3) is 0 Å². The van der Waals surface area contributed by atoms with E-state index in [2.05, 4.69) is 34.4 Å². The van der Waals surface area contributed by atoms with Gasteiger partial charge in [-0.2, -0.15) is 0 Å². The summed E-state index contributed by atoms with van der Waals surface area (Å²) in [4.78, 5) is 230. The minimum absolute atomic E-state index is 0.0191. The Kier molecular flexibility index (Phi) is 56.1. The molecule has 0 aromatic rings. The van der Waals surface area contributed by atoms with Gasteiger partial charge in [0.2, 0.25) is 35.4 Å².